The van der Waals surface area contributed by atoms with Gasteiger partial charge in [-0.25, -0.2) is 0 Å². The summed E-state index contributed by atoms with van der Waals surface area (Å²) in [5.74, 6) is 0.812. The van der Waals surface area contributed by atoms with E-state index in [0.717, 1.165) is 18.8 Å². The quantitative estimate of drug-likeness (QED) is 0.504. The number of aryl methyl sites for hydroxylation is 1. The van der Waals surface area contributed by atoms with E-state index in [1.807, 2.05) is 18.3 Å². The highest BCUT2D eigenvalue weighted by Crippen LogP contribution is 2.16. The minimum absolute atomic E-state index is 0.0735. The third kappa shape index (κ3) is 8.02. The number of nitrogens with one attached hydrogen (secondary N) is 3. The number of thiophene rings is 1. The van der Waals surface area contributed by atoms with E-state index in [2.05, 4.69) is 53.8 Å². The van der Waals surface area contributed by atoms with E-state index in [9.17, 15) is 4.79 Å². The van der Waals surface area contributed by atoms with Crippen LogP contribution in [0.2, 0.25) is 0 Å². The normalized spacial score (nSPS) is 14.2. The zero-order valence-electron chi connectivity index (χ0n) is 14.9. The number of aliphatic imine (C=N–C) groups is 1. The lowest BCUT2D eigenvalue weighted by Gasteiger charge is -2.17. The molecule has 0 radical (unpaired) electrons. The van der Waals surface area contributed by atoms with Gasteiger partial charge in [-0.15, -0.1) is 11.3 Å². The summed E-state index contributed by atoms with van der Waals surface area (Å²) in [7, 11) is 1.75. The van der Waals surface area contributed by atoms with E-state index >= 15 is 0 Å². The van der Waals surface area contributed by atoms with Gasteiger partial charge in [0.2, 0.25) is 5.91 Å². The van der Waals surface area contributed by atoms with Crippen LogP contribution < -0.4 is 16.0 Å². The number of amides is 1. The second kappa shape index (κ2) is 10.3. The molecule has 2 atom stereocenters. The Bertz CT molecular complexity index is 512. The molecule has 3 N–H and O–H groups in total. The van der Waals surface area contributed by atoms with E-state index in [-0.39, 0.29) is 18.0 Å². The number of carbonyl (C=O) groups is 1. The molecule has 2 unspecified atom stereocenters. The number of nitrogens with zero attached hydrogens (tertiary/aromatic N) is 1. The van der Waals surface area contributed by atoms with Crippen LogP contribution in [0.5, 0.6) is 0 Å². The van der Waals surface area contributed by atoms with Gasteiger partial charge in [-0.05, 0) is 39.3 Å². The van der Waals surface area contributed by atoms with Crippen molar-refractivity contribution in [3.8, 4) is 0 Å². The Kier molecular flexibility index (Phi) is 8.69. The smallest absolute Gasteiger partial charge is 0.221 e. The molecule has 23 heavy (non-hydrogen) atoms. The van der Waals surface area contributed by atoms with Gasteiger partial charge in [-0.2, -0.15) is 0 Å². The molecule has 130 valence electrons. The molecule has 0 saturated heterocycles. The molecular formula is C17H30N4OS. The molecule has 1 aromatic heterocycles. The highest BCUT2D eigenvalue weighted by atomic mass is 32.1. The third-order valence-electron chi connectivity index (χ3n) is 3.57. The first-order chi connectivity index (χ1) is 10.9. The molecule has 0 aliphatic carbocycles. The largest absolute Gasteiger partial charge is 0.356 e. The lowest BCUT2D eigenvalue weighted by Crippen LogP contribution is -2.44. The van der Waals surface area contributed by atoms with Gasteiger partial charge >= 0.3 is 0 Å². The van der Waals surface area contributed by atoms with Crippen LogP contribution in [0.15, 0.2) is 17.1 Å². The maximum Gasteiger partial charge on any atom is 0.221 e. The molecule has 1 amide bonds. The first-order valence-corrected chi connectivity index (χ1v) is 9.08. The third-order valence-corrected chi connectivity index (χ3v) is 4.60. The maximum atomic E-state index is 11.7. The Labute approximate surface area is 144 Å². The summed E-state index contributed by atoms with van der Waals surface area (Å²) in [6, 6.07) is 4.84. The summed E-state index contributed by atoms with van der Waals surface area (Å²) in [5, 5.41) is 9.52. The van der Waals surface area contributed by atoms with Crippen molar-refractivity contribution in [1.29, 1.82) is 0 Å². The molecule has 5 nitrogen and oxygen atoms in total. The van der Waals surface area contributed by atoms with E-state index in [1.54, 1.807) is 7.05 Å². The van der Waals surface area contributed by atoms with Gasteiger partial charge in [0, 0.05) is 48.3 Å². The van der Waals surface area contributed by atoms with Crippen molar-refractivity contribution in [2.75, 3.05) is 13.6 Å². The summed E-state index contributed by atoms with van der Waals surface area (Å²) in [4.78, 5) is 18.7. The average molecular weight is 339 g/mol. The predicted molar refractivity (Wildman–Crippen MR) is 99.2 cm³/mol. The molecule has 0 aliphatic rings. The Balaban J connectivity index is 2.30. The van der Waals surface area contributed by atoms with Crippen LogP contribution in [0.4, 0.5) is 0 Å². The van der Waals surface area contributed by atoms with E-state index < -0.39 is 0 Å². The fourth-order valence-corrected chi connectivity index (χ4v) is 3.14. The van der Waals surface area contributed by atoms with Crippen molar-refractivity contribution in [2.45, 2.75) is 59.0 Å². The van der Waals surface area contributed by atoms with Gasteiger partial charge in [0.15, 0.2) is 5.96 Å². The van der Waals surface area contributed by atoms with Gasteiger partial charge in [-0.1, -0.05) is 6.92 Å². The number of rotatable bonds is 8. The van der Waals surface area contributed by atoms with Crippen LogP contribution in [0.3, 0.4) is 0 Å². The Morgan fingerprint density at radius 2 is 2.00 bits per heavy atom. The fourth-order valence-electron chi connectivity index (χ4n) is 2.12. The van der Waals surface area contributed by atoms with Crippen molar-refractivity contribution in [3.05, 3.63) is 21.9 Å². The van der Waals surface area contributed by atoms with Crippen LogP contribution in [-0.4, -0.2) is 37.5 Å². The summed E-state index contributed by atoms with van der Waals surface area (Å²) < 4.78 is 0. The maximum absolute atomic E-state index is 11.7. The van der Waals surface area contributed by atoms with E-state index in [0.29, 0.717) is 13.0 Å². The Hall–Kier alpha value is -1.56. The first-order valence-electron chi connectivity index (χ1n) is 8.26. The molecule has 0 saturated carbocycles. The summed E-state index contributed by atoms with van der Waals surface area (Å²) >= 11 is 1.83. The minimum Gasteiger partial charge on any atom is -0.356 e. The highest BCUT2D eigenvalue weighted by Gasteiger charge is 2.09. The summed E-state index contributed by atoms with van der Waals surface area (Å²) in [6.45, 7) is 8.91. The van der Waals surface area contributed by atoms with Gasteiger partial charge in [0.1, 0.15) is 0 Å². The summed E-state index contributed by atoms with van der Waals surface area (Å²) in [5.41, 5.74) is 0. The zero-order chi connectivity index (χ0) is 17.2. The highest BCUT2D eigenvalue weighted by molar-refractivity contribution is 7.11. The topological polar surface area (TPSA) is 65.5 Å². The molecule has 0 bridgehead atoms. The van der Waals surface area contributed by atoms with Crippen LogP contribution >= 0.6 is 11.3 Å². The molecule has 1 heterocycles. The van der Waals surface area contributed by atoms with E-state index in [4.69, 9.17) is 0 Å². The summed E-state index contributed by atoms with van der Waals surface area (Å²) in [6.07, 6.45) is 2.36. The monoisotopic (exact) mass is 338 g/mol. The second-order valence-electron chi connectivity index (χ2n) is 5.89. The fraction of sp³-hybridized carbons (Fsp3) is 0.647. The molecule has 1 rings (SSSR count). The SMILES string of the molecule is CCC(C)NC(=O)CCNC(=NC)NC(C)Cc1ccc(C)s1. The molecule has 0 fully saturated rings. The zero-order valence-corrected chi connectivity index (χ0v) is 15.7. The van der Waals surface area contributed by atoms with Gasteiger partial charge in [0.25, 0.3) is 0 Å². The molecule has 0 aromatic carbocycles. The van der Waals surface area contributed by atoms with Gasteiger partial charge in [-0.3, -0.25) is 9.79 Å². The Morgan fingerprint density at radius 1 is 1.26 bits per heavy atom. The standard InChI is InChI=1S/C17H30N4OS/c1-6-12(2)20-16(22)9-10-19-17(18-5)21-13(3)11-15-8-7-14(4)23-15/h7-8,12-13H,6,9-11H2,1-5H3,(H,20,22)(H2,18,19,21). The number of hydrogen-bond acceptors (Lipinski definition) is 3. The van der Waals surface area contributed by atoms with Crippen molar-refractivity contribution in [1.82, 2.24) is 16.0 Å². The molecule has 0 spiro atoms. The van der Waals surface area contributed by atoms with Crippen LogP contribution in [0, 0.1) is 6.92 Å². The van der Waals surface area contributed by atoms with Gasteiger partial charge < -0.3 is 16.0 Å². The molecular weight excluding hydrogens is 308 g/mol. The van der Waals surface area contributed by atoms with Crippen molar-refractivity contribution in [2.24, 2.45) is 4.99 Å². The second-order valence-corrected chi connectivity index (χ2v) is 7.26. The average Bonchev–Trinajstić information content (AvgIpc) is 2.90. The lowest BCUT2D eigenvalue weighted by molar-refractivity contribution is -0.121. The first kappa shape index (κ1) is 19.5. The predicted octanol–water partition coefficient (Wildman–Crippen LogP) is 2.46. The van der Waals surface area contributed by atoms with Crippen molar-refractivity contribution in [3.63, 3.8) is 0 Å². The van der Waals surface area contributed by atoms with Crippen molar-refractivity contribution >= 4 is 23.2 Å². The Morgan fingerprint density at radius 3 is 2.57 bits per heavy atom. The molecule has 0 aliphatic heterocycles. The van der Waals surface area contributed by atoms with Gasteiger partial charge in [0.05, 0.1) is 0 Å². The van der Waals surface area contributed by atoms with Crippen LogP contribution in [-0.2, 0) is 11.2 Å². The number of hydrogen-bond donors (Lipinski definition) is 3. The number of guanidine groups is 1. The minimum atomic E-state index is 0.0735. The molecule has 1 aromatic rings. The number of carbonyl (C=O) groups excluding carboxylic acids is 1. The van der Waals surface area contributed by atoms with Crippen LogP contribution in [0.25, 0.3) is 0 Å². The van der Waals surface area contributed by atoms with E-state index in [1.165, 1.54) is 9.75 Å². The lowest BCUT2D eigenvalue weighted by atomic mass is 10.2. The molecule has 6 heteroatoms. The van der Waals surface area contributed by atoms with Crippen LogP contribution in [0.1, 0.15) is 43.4 Å². The van der Waals surface area contributed by atoms with Crippen molar-refractivity contribution < 1.29 is 4.79 Å².